The molecule has 1 aliphatic rings. The van der Waals surface area contributed by atoms with E-state index in [4.69, 9.17) is 4.74 Å². The molecular weight excluding hydrogens is 288 g/mol. The van der Waals surface area contributed by atoms with Crippen molar-refractivity contribution >= 4 is 10.2 Å². The fraction of sp³-hybridized carbons (Fsp3) is 0.600. The standard InChI is InChI=1S/C15H24N2O3S/c1-17(14-6-4-3-5-7-14)21(18,19)16-12-13-8-10-15(20-2)11-9-13/h8-11,14,16H,3-7,12H2,1-2H3. The highest BCUT2D eigenvalue weighted by Gasteiger charge is 2.27. The Balaban J connectivity index is 1.93. The molecule has 0 atom stereocenters. The third-order valence-corrected chi connectivity index (χ3v) is 5.65. The largest absolute Gasteiger partial charge is 0.497 e. The van der Waals surface area contributed by atoms with Crippen LogP contribution in [0.2, 0.25) is 0 Å². The van der Waals surface area contributed by atoms with Crippen LogP contribution in [0.3, 0.4) is 0 Å². The molecule has 0 aliphatic heterocycles. The van der Waals surface area contributed by atoms with Crippen molar-refractivity contribution in [3.63, 3.8) is 0 Å². The summed E-state index contributed by atoms with van der Waals surface area (Å²) >= 11 is 0. The molecule has 5 nitrogen and oxygen atoms in total. The quantitative estimate of drug-likeness (QED) is 0.877. The second kappa shape index (κ2) is 7.24. The Morgan fingerprint density at radius 1 is 1.19 bits per heavy atom. The number of nitrogens with one attached hydrogen (secondary N) is 1. The maximum absolute atomic E-state index is 12.3. The number of hydrogen-bond acceptors (Lipinski definition) is 3. The third kappa shape index (κ3) is 4.43. The van der Waals surface area contributed by atoms with Gasteiger partial charge in [-0.25, -0.2) is 0 Å². The van der Waals surface area contributed by atoms with Crippen LogP contribution in [0.15, 0.2) is 24.3 Å². The Bertz CT molecular complexity index is 537. The Morgan fingerprint density at radius 3 is 2.38 bits per heavy atom. The van der Waals surface area contributed by atoms with E-state index in [0.717, 1.165) is 37.0 Å². The lowest BCUT2D eigenvalue weighted by molar-refractivity contribution is 0.283. The van der Waals surface area contributed by atoms with Crippen LogP contribution in [0, 0.1) is 0 Å². The number of ether oxygens (including phenoxy) is 1. The molecule has 0 aromatic heterocycles. The van der Waals surface area contributed by atoms with Crippen molar-refractivity contribution in [1.29, 1.82) is 0 Å². The molecule has 1 aromatic rings. The average Bonchev–Trinajstić information content (AvgIpc) is 2.53. The molecule has 0 radical (unpaired) electrons. The molecule has 1 aromatic carbocycles. The lowest BCUT2D eigenvalue weighted by Gasteiger charge is -2.30. The number of methoxy groups -OCH3 is 1. The molecule has 21 heavy (non-hydrogen) atoms. The van der Waals surface area contributed by atoms with Gasteiger partial charge >= 0.3 is 0 Å². The first kappa shape index (κ1) is 16.3. The van der Waals surface area contributed by atoms with Crippen LogP contribution in [0.25, 0.3) is 0 Å². The molecule has 1 fully saturated rings. The second-order valence-electron chi connectivity index (χ2n) is 5.48. The minimum absolute atomic E-state index is 0.132. The molecule has 0 saturated heterocycles. The fourth-order valence-electron chi connectivity index (χ4n) is 2.66. The first-order valence-electron chi connectivity index (χ1n) is 7.38. The smallest absolute Gasteiger partial charge is 0.279 e. The summed E-state index contributed by atoms with van der Waals surface area (Å²) in [6.07, 6.45) is 5.36. The van der Waals surface area contributed by atoms with E-state index in [9.17, 15) is 8.42 Å². The highest BCUT2D eigenvalue weighted by molar-refractivity contribution is 7.87. The van der Waals surface area contributed by atoms with E-state index in [2.05, 4.69) is 4.72 Å². The lowest BCUT2D eigenvalue weighted by Crippen LogP contribution is -2.44. The number of benzene rings is 1. The monoisotopic (exact) mass is 312 g/mol. The predicted octanol–water partition coefficient (Wildman–Crippen LogP) is 2.29. The van der Waals surface area contributed by atoms with E-state index in [-0.39, 0.29) is 6.04 Å². The van der Waals surface area contributed by atoms with Crippen LogP contribution < -0.4 is 9.46 Å². The van der Waals surface area contributed by atoms with Crippen molar-refractivity contribution in [2.45, 2.75) is 44.7 Å². The van der Waals surface area contributed by atoms with Gasteiger partial charge in [-0.3, -0.25) is 0 Å². The molecule has 2 rings (SSSR count). The summed E-state index contributed by atoms with van der Waals surface area (Å²) in [5.41, 5.74) is 0.913. The van der Waals surface area contributed by atoms with E-state index in [1.165, 1.54) is 10.7 Å². The van der Waals surface area contributed by atoms with Crippen LogP contribution in [0.5, 0.6) is 5.75 Å². The van der Waals surface area contributed by atoms with Gasteiger partial charge in [-0.05, 0) is 30.5 Å². The van der Waals surface area contributed by atoms with Gasteiger partial charge < -0.3 is 4.74 Å². The minimum Gasteiger partial charge on any atom is -0.497 e. The van der Waals surface area contributed by atoms with Gasteiger partial charge in [0.1, 0.15) is 5.75 Å². The zero-order chi connectivity index (χ0) is 15.3. The Morgan fingerprint density at radius 2 is 1.81 bits per heavy atom. The highest BCUT2D eigenvalue weighted by atomic mass is 32.2. The fourth-order valence-corrected chi connectivity index (χ4v) is 3.82. The summed E-state index contributed by atoms with van der Waals surface area (Å²) < 4.78 is 33.9. The van der Waals surface area contributed by atoms with E-state index < -0.39 is 10.2 Å². The van der Waals surface area contributed by atoms with Gasteiger partial charge in [0.25, 0.3) is 10.2 Å². The van der Waals surface area contributed by atoms with Gasteiger partial charge in [0.15, 0.2) is 0 Å². The number of rotatable bonds is 6. The number of nitrogens with zero attached hydrogens (tertiary/aromatic N) is 1. The van der Waals surface area contributed by atoms with E-state index >= 15 is 0 Å². The normalized spacial score (nSPS) is 17.1. The SMILES string of the molecule is COc1ccc(CNS(=O)(=O)N(C)C2CCCCC2)cc1. The first-order valence-corrected chi connectivity index (χ1v) is 8.82. The van der Waals surface area contributed by atoms with Crippen molar-refractivity contribution in [2.24, 2.45) is 0 Å². The third-order valence-electron chi connectivity index (χ3n) is 4.09. The molecule has 1 N–H and O–H groups in total. The summed E-state index contributed by atoms with van der Waals surface area (Å²) in [4.78, 5) is 0. The first-order chi connectivity index (χ1) is 10.0. The predicted molar refractivity (Wildman–Crippen MR) is 83.4 cm³/mol. The van der Waals surface area contributed by atoms with Crippen LogP contribution in [0.4, 0.5) is 0 Å². The van der Waals surface area contributed by atoms with Crippen molar-refractivity contribution in [2.75, 3.05) is 14.2 Å². The Hall–Kier alpha value is -1.11. The van der Waals surface area contributed by atoms with E-state index in [1.807, 2.05) is 24.3 Å². The van der Waals surface area contributed by atoms with Crippen LogP contribution in [0.1, 0.15) is 37.7 Å². The van der Waals surface area contributed by atoms with Crippen molar-refractivity contribution < 1.29 is 13.2 Å². The van der Waals surface area contributed by atoms with E-state index in [0.29, 0.717) is 6.54 Å². The molecular formula is C15H24N2O3S. The molecule has 6 heteroatoms. The molecule has 118 valence electrons. The van der Waals surface area contributed by atoms with Gasteiger partial charge in [0.05, 0.1) is 7.11 Å². The second-order valence-corrected chi connectivity index (χ2v) is 7.30. The maximum atomic E-state index is 12.3. The molecule has 0 unspecified atom stereocenters. The van der Waals surface area contributed by atoms with Gasteiger partial charge in [0, 0.05) is 19.6 Å². The summed E-state index contributed by atoms with van der Waals surface area (Å²) in [7, 11) is -0.141. The van der Waals surface area contributed by atoms with Gasteiger partial charge in [0.2, 0.25) is 0 Å². The number of hydrogen-bond donors (Lipinski definition) is 1. The Labute approximate surface area is 127 Å². The molecule has 0 bridgehead atoms. The Kier molecular flexibility index (Phi) is 5.61. The summed E-state index contributed by atoms with van der Waals surface area (Å²) in [6.45, 7) is 0.295. The minimum atomic E-state index is -3.42. The molecule has 0 heterocycles. The zero-order valence-corrected chi connectivity index (χ0v) is 13.5. The molecule has 1 aliphatic carbocycles. The van der Waals surface area contributed by atoms with Crippen LogP contribution in [-0.4, -0.2) is 32.9 Å². The zero-order valence-electron chi connectivity index (χ0n) is 12.7. The summed E-state index contributed by atoms with van der Waals surface area (Å²) in [5, 5.41) is 0. The van der Waals surface area contributed by atoms with Crippen molar-refractivity contribution in [1.82, 2.24) is 9.03 Å². The van der Waals surface area contributed by atoms with Crippen molar-refractivity contribution in [3.8, 4) is 5.75 Å². The summed E-state index contributed by atoms with van der Waals surface area (Å²) in [6, 6.07) is 7.51. The van der Waals surface area contributed by atoms with Crippen LogP contribution in [-0.2, 0) is 16.8 Å². The topological polar surface area (TPSA) is 58.6 Å². The van der Waals surface area contributed by atoms with Gasteiger partial charge in [-0.2, -0.15) is 17.4 Å². The average molecular weight is 312 g/mol. The van der Waals surface area contributed by atoms with E-state index in [1.54, 1.807) is 14.2 Å². The lowest BCUT2D eigenvalue weighted by atomic mass is 9.96. The van der Waals surface area contributed by atoms with Gasteiger partial charge in [-0.15, -0.1) is 0 Å². The van der Waals surface area contributed by atoms with Crippen LogP contribution >= 0.6 is 0 Å². The highest BCUT2D eigenvalue weighted by Crippen LogP contribution is 2.23. The van der Waals surface area contributed by atoms with Gasteiger partial charge in [-0.1, -0.05) is 31.4 Å². The maximum Gasteiger partial charge on any atom is 0.279 e. The summed E-state index contributed by atoms with van der Waals surface area (Å²) in [5.74, 6) is 0.765. The molecule has 1 saturated carbocycles. The molecule has 0 amide bonds. The van der Waals surface area contributed by atoms with Crippen molar-refractivity contribution in [3.05, 3.63) is 29.8 Å². The molecule has 0 spiro atoms.